The summed E-state index contributed by atoms with van der Waals surface area (Å²) in [5.41, 5.74) is -4.12. The predicted octanol–water partition coefficient (Wildman–Crippen LogP) is 2.80. The fourth-order valence-corrected chi connectivity index (χ4v) is 7.58. The molecule has 232 valence electrons. The summed E-state index contributed by atoms with van der Waals surface area (Å²) in [7, 11) is 0. The lowest BCUT2D eigenvalue weighted by atomic mass is 9.84. The second kappa shape index (κ2) is 11.2. The molecular formula is C30H35F4N5O4. The van der Waals surface area contributed by atoms with Crippen LogP contribution in [0.5, 0.6) is 0 Å². The van der Waals surface area contributed by atoms with Crippen molar-refractivity contribution in [3.63, 3.8) is 0 Å². The zero-order valence-electron chi connectivity index (χ0n) is 24.0. The largest absolute Gasteiger partial charge is 0.417 e. The summed E-state index contributed by atoms with van der Waals surface area (Å²) in [6, 6.07) is 2.18. The monoisotopic (exact) mass is 605 g/mol. The molecule has 0 spiro atoms. The maximum absolute atomic E-state index is 13.7. The predicted molar refractivity (Wildman–Crippen MR) is 144 cm³/mol. The molecule has 3 amide bonds. The fourth-order valence-electron chi connectivity index (χ4n) is 7.58. The number of piperidine rings is 1. The van der Waals surface area contributed by atoms with Gasteiger partial charge in [0, 0.05) is 25.6 Å². The van der Waals surface area contributed by atoms with Crippen molar-refractivity contribution in [3.05, 3.63) is 35.1 Å². The van der Waals surface area contributed by atoms with Crippen LogP contribution in [0.4, 0.5) is 17.6 Å². The normalized spacial score (nSPS) is 34.3. The van der Waals surface area contributed by atoms with Crippen LogP contribution in [-0.2, 0) is 20.6 Å². The summed E-state index contributed by atoms with van der Waals surface area (Å²) in [5.74, 6) is -3.55. The standard InChI is InChI=1S/C30H35F4N5O4/c1-28(2)22-13-39-14-29(15-40,38-26(42)19-7-6-17(31)9-21(19)30(32,33)34)8-4-3-5-16-12-36-25(41)20(16)10-18(11-35)37-27(43)24(39)23(22)28/h6-7,9,15-16,18,20,22-24H,3-5,8,10,12-14H2,1-2H3,(H,36,41)(H,37,43)(H,38,42)/t16-,18-,20-,22-,23-,24-,29+/m0/s1. The van der Waals surface area contributed by atoms with E-state index in [1.807, 2.05) is 13.8 Å². The van der Waals surface area contributed by atoms with E-state index in [1.165, 1.54) is 0 Å². The van der Waals surface area contributed by atoms with Gasteiger partial charge < -0.3 is 20.7 Å². The molecule has 3 aliphatic heterocycles. The van der Waals surface area contributed by atoms with Crippen LogP contribution < -0.4 is 16.0 Å². The van der Waals surface area contributed by atoms with Crippen LogP contribution in [-0.4, -0.2) is 66.2 Å². The van der Waals surface area contributed by atoms with E-state index in [2.05, 4.69) is 22.0 Å². The molecule has 3 N–H and O–H groups in total. The number of hydrogen-bond donors (Lipinski definition) is 3. The van der Waals surface area contributed by atoms with Crippen molar-refractivity contribution in [2.75, 3.05) is 19.6 Å². The fraction of sp³-hybridized carbons (Fsp3) is 0.633. The van der Waals surface area contributed by atoms with Crippen molar-refractivity contribution >= 4 is 24.0 Å². The molecule has 3 heterocycles. The third-order valence-corrected chi connectivity index (χ3v) is 10.0. The van der Waals surface area contributed by atoms with Gasteiger partial charge in [0.2, 0.25) is 11.8 Å². The first kappa shape index (κ1) is 30.9. The Labute approximate surface area is 246 Å². The third-order valence-electron chi connectivity index (χ3n) is 10.0. The number of fused-ring (bicyclic) bond motifs is 4. The van der Waals surface area contributed by atoms with E-state index in [1.54, 1.807) is 4.90 Å². The zero-order chi connectivity index (χ0) is 31.3. The number of nitrogens with zero attached hydrogens (tertiary/aromatic N) is 2. The molecule has 0 unspecified atom stereocenters. The van der Waals surface area contributed by atoms with Gasteiger partial charge in [-0.05, 0) is 60.6 Å². The molecule has 13 heteroatoms. The molecule has 43 heavy (non-hydrogen) atoms. The number of amides is 3. The number of halogens is 4. The second-order valence-corrected chi connectivity index (χ2v) is 13.0. The molecule has 5 rings (SSSR count). The highest BCUT2D eigenvalue weighted by Gasteiger charge is 2.69. The molecule has 1 aromatic rings. The van der Waals surface area contributed by atoms with Crippen molar-refractivity contribution in [1.82, 2.24) is 20.9 Å². The summed E-state index contributed by atoms with van der Waals surface area (Å²) in [6.45, 7) is 4.74. The van der Waals surface area contributed by atoms with Gasteiger partial charge >= 0.3 is 6.18 Å². The Balaban J connectivity index is 1.48. The van der Waals surface area contributed by atoms with Crippen LogP contribution in [0.15, 0.2) is 18.2 Å². The number of nitrogens with one attached hydrogen (secondary N) is 3. The maximum atomic E-state index is 13.7. The Kier molecular flexibility index (Phi) is 8.05. The van der Waals surface area contributed by atoms with Gasteiger partial charge in [-0.25, -0.2) is 4.39 Å². The van der Waals surface area contributed by atoms with E-state index in [-0.39, 0.29) is 54.5 Å². The highest BCUT2D eigenvalue weighted by Crippen LogP contribution is 2.65. The molecule has 7 atom stereocenters. The lowest BCUT2D eigenvalue weighted by molar-refractivity contribution is -0.138. The summed E-state index contributed by atoms with van der Waals surface area (Å²) >= 11 is 0. The van der Waals surface area contributed by atoms with Crippen LogP contribution in [0.3, 0.4) is 0 Å². The first-order valence-corrected chi connectivity index (χ1v) is 14.6. The van der Waals surface area contributed by atoms with Crippen LogP contribution in [0.2, 0.25) is 0 Å². The van der Waals surface area contributed by atoms with Gasteiger partial charge in [0.25, 0.3) is 5.91 Å². The molecule has 9 nitrogen and oxygen atoms in total. The SMILES string of the molecule is CC1(C)[C@@H]2[C@H]3C(=O)N[C@H](C#N)C[C@@H]4C(=O)NC[C@@H]4CCCC[C@@](C=O)(NC(=O)c4ccc(F)cc4C(F)(F)F)CN3C[C@@H]21. The van der Waals surface area contributed by atoms with E-state index in [0.29, 0.717) is 38.6 Å². The Bertz CT molecular complexity index is 1360. The second-order valence-electron chi connectivity index (χ2n) is 13.0. The van der Waals surface area contributed by atoms with Gasteiger partial charge in [-0.2, -0.15) is 18.4 Å². The molecule has 0 radical (unpaired) electrons. The number of benzene rings is 1. The molecule has 4 aliphatic rings. The average Bonchev–Trinajstić information content (AvgIpc) is 3.23. The number of carbonyl (C=O) groups excluding carboxylic acids is 4. The van der Waals surface area contributed by atoms with Crippen LogP contribution in [0, 0.1) is 46.2 Å². The van der Waals surface area contributed by atoms with Crippen LogP contribution in [0.1, 0.15) is 61.9 Å². The minimum absolute atomic E-state index is 0.0773. The highest BCUT2D eigenvalue weighted by atomic mass is 19.4. The number of hydrogen-bond acceptors (Lipinski definition) is 6. The van der Waals surface area contributed by atoms with Crippen LogP contribution >= 0.6 is 0 Å². The first-order valence-electron chi connectivity index (χ1n) is 14.6. The smallest absolute Gasteiger partial charge is 0.356 e. The van der Waals surface area contributed by atoms with Crippen molar-refractivity contribution in [1.29, 1.82) is 5.26 Å². The Morgan fingerprint density at radius 3 is 2.63 bits per heavy atom. The lowest BCUT2D eigenvalue weighted by Gasteiger charge is -2.38. The molecule has 1 aromatic carbocycles. The molecule has 1 aliphatic carbocycles. The highest BCUT2D eigenvalue weighted by molar-refractivity contribution is 5.98. The summed E-state index contributed by atoms with van der Waals surface area (Å²) in [4.78, 5) is 54.3. The van der Waals surface area contributed by atoms with Crippen molar-refractivity contribution < 1.29 is 36.7 Å². The summed E-state index contributed by atoms with van der Waals surface area (Å²) < 4.78 is 54.9. The first-order chi connectivity index (χ1) is 20.2. The number of alkyl halides is 3. The molecule has 0 bridgehead atoms. The lowest BCUT2D eigenvalue weighted by Crippen LogP contribution is -2.60. The molecule has 3 saturated heterocycles. The van der Waals surface area contributed by atoms with Gasteiger partial charge in [-0.3, -0.25) is 19.3 Å². The van der Waals surface area contributed by atoms with E-state index >= 15 is 0 Å². The van der Waals surface area contributed by atoms with Crippen molar-refractivity contribution in [3.8, 4) is 6.07 Å². The van der Waals surface area contributed by atoms with E-state index < -0.39 is 58.5 Å². The Hall–Kier alpha value is -3.53. The third kappa shape index (κ3) is 5.86. The molecule has 0 aromatic heterocycles. The summed E-state index contributed by atoms with van der Waals surface area (Å²) in [6.07, 6.45) is -2.73. The number of nitriles is 1. The molecule has 1 saturated carbocycles. The molecule has 4 fully saturated rings. The minimum atomic E-state index is -5.02. The van der Waals surface area contributed by atoms with Crippen molar-refractivity contribution in [2.45, 2.75) is 69.8 Å². The van der Waals surface area contributed by atoms with Gasteiger partial charge in [0.15, 0.2) is 0 Å². The topological polar surface area (TPSA) is 131 Å². The van der Waals surface area contributed by atoms with Crippen LogP contribution in [0.25, 0.3) is 0 Å². The van der Waals surface area contributed by atoms with E-state index in [0.717, 1.165) is 12.1 Å². The van der Waals surface area contributed by atoms with Gasteiger partial charge in [0.1, 0.15) is 23.7 Å². The summed E-state index contributed by atoms with van der Waals surface area (Å²) in [5, 5.41) is 18.0. The van der Waals surface area contributed by atoms with E-state index in [9.17, 15) is 42.0 Å². The quantitative estimate of drug-likeness (QED) is 0.359. The zero-order valence-corrected chi connectivity index (χ0v) is 24.0. The number of rotatable bonds is 3. The number of aldehydes is 1. The Morgan fingerprint density at radius 1 is 1.21 bits per heavy atom. The van der Waals surface area contributed by atoms with Gasteiger partial charge in [0.05, 0.1) is 23.2 Å². The molecular weight excluding hydrogens is 570 g/mol. The van der Waals surface area contributed by atoms with Crippen molar-refractivity contribution in [2.24, 2.45) is 29.1 Å². The van der Waals surface area contributed by atoms with E-state index in [4.69, 9.17) is 0 Å². The number of carbonyl (C=O) groups is 4. The average molecular weight is 606 g/mol. The van der Waals surface area contributed by atoms with Gasteiger partial charge in [-0.15, -0.1) is 0 Å². The van der Waals surface area contributed by atoms with Gasteiger partial charge in [-0.1, -0.05) is 26.7 Å². The maximum Gasteiger partial charge on any atom is 0.417 e. The minimum Gasteiger partial charge on any atom is -0.356 e. The Morgan fingerprint density at radius 2 is 1.95 bits per heavy atom.